The molecule has 0 spiro atoms. The zero-order valence-electron chi connectivity index (χ0n) is 10.7. The van der Waals surface area contributed by atoms with Crippen molar-refractivity contribution in [2.45, 2.75) is 63.7 Å². The van der Waals surface area contributed by atoms with Crippen LogP contribution in [0.15, 0.2) is 0 Å². The minimum absolute atomic E-state index is 0.144. The smallest absolute Gasteiger partial charge is 0.332 e. The highest BCUT2D eigenvalue weighted by molar-refractivity contribution is 5.82. The lowest BCUT2D eigenvalue weighted by Crippen LogP contribution is -2.40. The predicted molar refractivity (Wildman–Crippen MR) is 65.1 cm³/mol. The van der Waals surface area contributed by atoms with Crippen molar-refractivity contribution in [3.05, 3.63) is 0 Å². The maximum atomic E-state index is 11.9. The zero-order valence-corrected chi connectivity index (χ0v) is 10.7. The van der Waals surface area contributed by atoms with Gasteiger partial charge in [-0.3, -0.25) is 4.79 Å². The molecule has 0 aromatic rings. The Morgan fingerprint density at radius 2 is 1.94 bits per heavy atom. The van der Waals surface area contributed by atoms with E-state index in [1.54, 1.807) is 0 Å². The summed E-state index contributed by atoms with van der Waals surface area (Å²) in [6.45, 7) is 1.99. The lowest BCUT2D eigenvalue weighted by Gasteiger charge is -2.17. The second-order valence-electron chi connectivity index (χ2n) is 5.46. The molecule has 1 saturated heterocycles. The van der Waals surface area contributed by atoms with Crippen molar-refractivity contribution >= 4 is 11.9 Å². The molecule has 1 unspecified atom stereocenters. The van der Waals surface area contributed by atoms with Crippen LogP contribution in [0.3, 0.4) is 0 Å². The number of carbonyl (C=O) groups is 2. The van der Waals surface area contributed by atoms with Crippen molar-refractivity contribution in [1.82, 2.24) is 5.32 Å². The van der Waals surface area contributed by atoms with Gasteiger partial charge in [-0.15, -0.1) is 0 Å². The average molecular weight is 255 g/mol. The van der Waals surface area contributed by atoms with Gasteiger partial charge in [-0.05, 0) is 38.5 Å². The molecule has 0 aromatic heterocycles. The molecule has 2 aliphatic rings. The fourth-order valence-corrected chi connectivity index (χ4v) is 2.31. The number of aliphatic carboxylic acids is 1. The van der Waals surface area contributed by atoms with E-state index in [1.165, 1.54) is 19.3 Å². The van der Waals surface area contributed by atoms with Crippen LogP contribution in [-0.2, 0) is 14.3 Å². The van der Waals surface area contributed by atoms with Gasteiger partial charge in [0.15, 0.2) is 6.10 Å². The molecule has 0 bridgehead atoms. The maximum absolute atomic E-state index is 11.9. The second-order valence-corrected chi connectivity index (χ2v) is 5.46. The Balaban J connectivity index is 1.68. The lowest BCUT2D eigenvalue weighted by atomic mass is 10.1. The number of hydrogen-bond acceptors (Lipinski definition) is 3. The normalized spacial score (nSPS) is 28.9. The largest absolute Gasteiger partial charge is 0.479 e. The summed E-state index contributed by atoms with van der Waals surface area (Å²) in [6.07, 6.45) is 4.33. The molecule has 1 aliphatic heterocycles. The Bertz CT molecular complexity index is 327. The third-order valence-electron chi connectivity index (χ3n) is 3.68. The van der Waals surface area contributed by atoms with Crippen molar-refractivity contribution in [2.75, 3.05) is 0 Å². The van der Waals surface area contributed by atoms with E-state index in [9.17, 15) is 9.59 Å². The van der Waals surface area contributed by atoms with Gasteiger partial charge in [0.25, 0.3) is 0 Å². The highest BCUT2D eigenvalue weighted by Gasteiger charge is 2.35. The van der Waals surface area contributed by atoms with E-state index in [4.69, 9.17) is 9.84 Å². The standard InChI is InChI=1S/C13H21NO4/c1-8(2-3-9-4-5-9)14-12(15)10-6-7-11(18-10)13(16)17/h8-11H,2-7H2,1H3,(H,14,15)(H,16,17)/t8?,10-,11+/m0/s1. The van der Waals surface area contributed by atoms with Crippen LogP contribution in [0.5, 0.6) is 0 Å². The number of hydrogen-bond donors (Lipinski definition) is 2. The van der Waals surface area contributed by atoms with Crippen LogP contribution in [0.1, 0.15) is 45.4 Å². The van der Waals surface area contributed by atoms with Crippen LogP contribution >= 0.6 is 0 Å². The highest BCUT2D eigenvalue weighted by Crippen LogP contribution is 2.33. The molecular formula is C13H21NO4. The molecule has 1 heterocycles. The van der Waals surface area contributed by atoms with Crippen molar-refractivity contribution in [3.63, 3.8) is 0 Å². The SMILES string of the molecule is CC(CCC1CC1)NC(=O)[C@@H]1CC[C@H](C(=O)O)O1. The average Bonchev–Trinajstić information content (AvgIpc) is 3.00. The fourth-order valence-electron chi connectivity index (χ4n) is 2.31. The number of ether oxygens (including phenoxy) is 1. The Morgan fingerprint density at radius 3 is 2.50 bits per heavy atom. The topological polar surface area (TPSA) is 75.6 Å². The third-order valence-corrected chi connectivity index (χ3v) is 3.68. The van der Waals surface area contributed by atoms with Crippen molar-refractivity contribution in [2.24, 2.45) is 5.92 Å². The number of rotatable bonds is 6. The Hall–Kier alpha value is -1.10. The molecule has 2 fully saturated rings. The first kappa shape index (κ1) is 13.3. The molecule has 0 aromatic carbocycles. The molecular weight excluding hydrogens is 234 g/mol. The molecule has 0 radical (unpaired) electrons. The van der Waals surface area contributed by atoms with Gasteiger partial charge in [-0.2, -0.15) is 0 Å². The first-order valence-corrected chi connectivity index (χ1v) is 6.75. The van der Waals surface area contributed by atoms with E-state index in [-0.39, 0.29) is 11.9 Å². The molecule has 3 atom stereocenters. The van der Waals surface area contributed by atoms with Crippen LogP contribution in [0.2, 0.25) is 0 Å². The molecule has 5 heteroatoms. The van der Waals surface area contributed by atoms with E-state index in [0.717, 1.165) is 12.3 Å². The first-order chi connectivity index (χ1) is 8.56. The summed E-state index contributed by atoms with van der Waals surface area (Å²) in [5, 5.41) is 11.7. The number of carboxylic acids is 1. The van der Waals surface area contributed by atoms with Crippen molar-refractivity contribution in [3.8, 4) is 0 Å². The fraction of sp³-hybridized carbons (Fsp3) is 0.846. The van der Waals surface area contributed by atoms with Crippen LogP contribution in [0.25, 0.3) is 0 Å². The van der Waals surface area contributed by atoms with E-state index >= 15 is 0 Å². The molecule has 1 saturated carbocycles. The van der Waals surface area contributed by atoms with E-state index in [1.807, 2.05) is 6.92 Å². The number of amides is 1. The summed E-state index contributed by atoms with van der Waals surface area (Å²) in [4.78, 5) is 22.6. The summed E-state index contributed by atoms with van der Waals surface area (Å²) in [6, 6.07) is 0.144. The number of nitrogens with one attached hydrogen (secondary N) is 1. The molecule has 5 nitrogen and oxygen atoms in total. The molecule has 2 rings (SSSR count). The van der Waals surface area contributed by atoms with Gasteiger partial charge in [0.05, 0.1) is 0 Å². The van der Waals surface area contributed by atoms with Gasteiger partial charge in [0.1, 0.15) is 6.10 Å². The van der Waals surface area contributed by atoms with Gasteiger partial charge in [0.2, 0.25) is 5.91 Å². The maximum Gasteiger partial charge on any atom is 0.332 e. The van der Waals surface area contributed by atoms with Crippen LogP contribution < -0.4 is 5.32 Å². The van der Waals surface area contributed by atoms with Gasteiger partial charge < -0.3 is 15.2 Å². The summed E-state index contributed by atoms with van der Waals surface area (Å²) in [5.74, 6) is -0.280. The van der Waals surface area contributed by atoms with Gasteiger partial charge in [0, 0.05) is 6.04 Å². The van der Waals surface area contributed by atoms with Crippen molar-refractivity contribution in [1.29, 1.82) is 0 Å². The van der Waals surface area contributed by atoms with Gasteiger partial charge in [-0.25, -0.2) is 4.79 Å². The van der Waals surface area contributed by atoms with E-state index < -0.39 is 18.2 Å². The lowest BCUT2D eigenvalue weighted by molar-refractivity contribution is -0.151. The molecule has 18 heavy (non-hydrogen) atoms. The minimum Gasteiger partial charge on any atom is -0.479 e. The minimum atomic E-state index is -0.980. The Kier molecular flexibility index (Phi) is 4.22. The molecule has 2 N–H and O–H groups in total. The highest BCUT2D eigenvalue weighted by atomic mass is 16.5. The molecule has 1 amide bonds. The summed E-state index contributed by atoms with van der Waals surface area (Å²) < 4.78 is 5.21. The van der Waals surface area contributed by atoms with Crippen molar-refractivity contribution < 1.29 is 19.4 Å². The summed E-state index contributed by atoms with van der Waals surface area (Å²) >= 11 is 0. The van der Waals surface area contributed by atoms with Gasteiger partial charge >= 0.3 is 5.97 Å². The molecule has 102 valence electrons. The monoisotopic (exact) mass is 255 g/mol. The second kappa shape index (κ2) is 5.69. The van der Waals surface area contributed by atoms with Crippen LogP contribution in [0.4, 0.5) is 0 Å². The molecule has 1 aliphatic carbocycles. The number of carbonyl (C=O) groups excluding carboxylic acids is 1. The zero-order chi connectivity index (χ0) is 13.1. The quantitative estimate of drug-likeness (QED) is 0.750. The van der Waals surface area contributed by atoms with E-state index in [2.05, 4.69) is 5.32 Å². The Labute approximate surface area is 107 Å². The summed E-state index contributed by atoms with van der Waals surface area (Å²) in [7, 11) is 0. The van der Waals surface area contributed by atoms with Gasteiger partial charge in [-0.1, -0.05) is 12.8 Å². The van der Waals surface area contributed by atoms with E-state index in [0.29, 0.717) is 12.8 Å². The number of carboxylic acid groups (broad SMARTS) is 1. The third kappa shape index (κ3) is 3.70. The first-order valence-electron chi connectivity index (χ1n) is 6.75. The Morgan fingerprint density at radius 1 is 1.28 bits per heavy atom. The summed E-state index contributed by atoms with van der Waals surface area (Å²) in [5.41, 5.74) is 0. The van der Waals surface area contributed by atoms with Crippen LogP contribution in [-0.4, -0.2) is 35.2 Å². The van der Waals surface area contributed by atoms with Crippen LogP contribution in [0, 0.1) is 5.92 Å². The predicted octanol–water partition coefficient (Wildman–Crippen LogP) is 1.31.